The van der Waals surface area contributed by atoms with Gasteiger partial charge < -0.3 is 10.7 Å². The standard InChI is InChI=1S/C11H8N4O/c12-5-7-6-14-10(15-11(7)16)8-3-1-2-4-9(8)13/h1-4,6H,13H2,(H,14,15,16). The summed E-state index contributed by atoms with van der Waals surface area (Å²) in [5, 5.41) is 8.60. The molecule has 0 spiro atoms. The fourth-order valence-electron chi connectivity index (χ4n) is 1.32. The number of anilines is 1. The van der Waals surface area contributed by atoms with Crippen molar-refractivity contribution in [3.8, 4) is 17.5 Å². The molecular weight excluding hydrogens is 204 g/mol. The first-order valence-corrected chi connectivity index (χ1v) is 4.56. The molecule has 2 aromatic rings. The molecule has 78 valence electrons. The van der Waals surface area contributed by atoms with E-state index < -0.39 is 5.56 Å². The third kappa shape index (κ3) is 1.64. The first kappa shape index (κ1) is 9.93. The Hall–Kier alpha value is -2.61. The average molecular weight is 212 g/mol. The molecule has 0 fully saturated rings. The predicted octanol–water partition coefficient (Wildman–Crippen LogP) is 0.891. The molecule has 0 unspecified atom stereocenters. The van der Waals surface area contributed by atoms with Crippen LogP contribution < -0.4 is 11.3 Å². The molecule has 0 aliphatic carbocycles. The van der Waals surface area contributed by atoms with Gasteiger partial charge in [-0.25, -0.2) is 4.98 Å². The van der Waals surface area contributed by atoms with E-state index in [0.717, 1.165) is 0 Å². The van der Waals surface area contributed by atoms with Crippen LogP contribution in [0.3, 0.4) is 0 Å². The van der Waals surface area contributed by atoms with E-state index in [1.165, 1.54) is 6.20 Å². The van der Waals surface area contributed by atoms with Gasteiger partial charge in [0.1, 0.15) is 17.5 Å². The summed E-state index contributed by atoms with van der Waals surface area (Å²) in [5.74, 6) is 0.363. The van der Waals surface area contributed by atoms with E-state index >= 15 is 0 Å². The molecule has 0 aliphatic rings. The van der Waals surface area contributed by atoms with Gasteiger partial charge in [0.25, 0.3) is 5.56 Å². The molecule has 5 heteroatoms. The number of nitrogens with one attached hydrogen (secondary N) is 1. The van der Waals surface area contributed by atoms with Gasteiger partial charge in [-0.2, -0.15) is 5.26 Å². The number of nitriles is 1. The fourth-order valence-corrected chi connectivity index (χ4v) is 1.32. The molecule has 1 heterocycles. The van der Waals surface area contributed by atoms with Crippen molar-refractivity contribution in [2.45, 2.75) is 0 Å². The molecule has 1 aromatic carbocycles. The summed E-state index contributed by atoms with van der Waals surface area (Å²) >= 11 is 0. The first-order chi connectivity index (χ1) is 7.72. The van der Waals surface area contributed by atoms with Crippen molar-refractivity contribution in [1.82, 2.24) is 9.97 Å². The number of hydrogen-bond acceptors (Lipinski definition) is 4. The van der Waals surface area contributed by atoms with Crippen LogP contribution in [0.25, 0.3) is 11.4 Å². The summed E-state index contributed by atoms with van der Waals surface area (Å²) in [6.07, 6.45) is 1.24. The van der Waals surface area contributed by atoms with E-state index in [9.17, 15) is 4.79 Å². The van der Waals surface area contributed by atoms with E-state index in [1.807, 2.05) is 0 Å². The van der Waals surface area contributed by atoms with Gasteiger partial charge in [-0.1, -0.05) is 12.1 Å². The summed E-state index contributed by atoms with van der Waals surface area (Å²) in [6, 6.07) is 8.80. The molecule has 3 N–H and O–H groups in total. The first-order valence-electron chi connectivity index (χ1n) is 4.56. The predicted molar refractivity (Wildman–Crippen MR) is 59.4 cm³/mol. The van der Waals surface area contributed by atoms with Crippen LogP contribution in [0.15, 0.2) is 35.3 Å². The second-order valence-electron chi connectivity index (χ2n) is 3.17. The largest absolute Gasteiger partial charge is 0.398 e. The lowest BCUT2D eigenvalue weighted by atomic mass is 10.1. The average Bonchev–Trinajstić information content (AvgIpc) is 2.29. The smallest absolute Gasteiger partial charge is 0.269 e. The Morgan fingerprint density at radius 1 is 1.38 bits per heavy atom. The van der Waals surface area contributed by atoms with E-state index in [0.29, 0.717) is 17.1 Å². The Balaban J connectivity index is 2.60. The van der Waals surface area contributed by atoms with Gasteiger partial charge in [0.15, 0.2) is 0 Å². The minimum Gasteiger partial charge on any atom is -0.398 e. The van der Waals surface area contributed by atoms with Gasteiger partial charge in [0.2, 0.25) is 0 Å². The molecule has 0 bridgehead atoms. The van der Waals surface area contributed by atoms with E-state index in [-0.39, 0.29) is 5.56 Å². The molecule has 1 aromatic heterocycles. The number of hydrogen-bond donors (Lipinski definition) is 2. The van der Waals surface area contributed by atoms with Gasteiger partial charge in [-0.05, 0) is 12.1 Å². The normalized spacial score (nSPS) is 9.69. The summed E-state index contributed by atoms with van der Waals surface area (Å²) in [7, 11) is 0. The van der Waals surface area contributed by atoms with Crippen LogP contribution in [0.2, 0.25) is 0 Å². The Morgan fingerprint density at radius 3 is 2.75 bits per heavy atom. The maximum absolute atomic E-state index is 11.4. The fraction of sp³-hybridized carbons (Fsp3) is 0. The van der Waals surface area contributed by atoms with Crippen molar-refractivity contribution < 1.29 is 0 Å². The van der Waals surface area contributed by atoms with Crippen molar-refractivity contribution in [2.24, 2.45) is 0 Å². The van der Waals surface area contributed by atoms with Crippen LogP contribution in [-0.2, 0) is 0 Å². The van der Waals surface area contributed by atoms with E-state index in [4.69, 9.17) is 11.0 Å². The number of rotatable bonds is 1. The van der Waals surface area contributed by atoms with Crippen molar-refractivity contribution >= 4 is 5.69 Å². The maximum atomic E-state index is 11.4. The summed E-state index contributed by atoms with van der Waals surface area (Å²) in [5.41, 5.74) is 6.43. The summed E-state index contributed by atoms with van der Waals surface area (Å²) in [6.45, 7) is 0. The second kappa shape index (κ2) is 3.87. The van der Waals surface area contributed by atoms with Gasteiger partial charge in [0, 0.05) is 11.3 Å². The number of nitrogens with zero attached hydrogens (tertiary/aromatic N) is 2. The molecule has 0 amide bonds. The lowest BCUT2D eigenvalue weighted by Crippen LogP contribution is -2.12. The molecular formula is C11H8N4O. The third-order valence-corrected chi connectivity index (χ3v) is 2.14. The summed E-state index contributed by atoms with van der Waals surface area (Å²) in [4.78, 5) is 17.9. The third-order valence-electron chi connectivity index (χ3n) is 2.14. The number of aromatic nitrogens is 2. The lowest BCUT2D eigenvalue weighted by Gasteiger charge is -2.03. The van der Waals surface area contributed by atoms with Gasteiger partial charge in [-0.3, -0.25) is 4.79 Å². The number of para-hydroxylation sites is 1. The van der Waals surface area contributed by atoms with Crippen LogP contribution in [0, 0.1) is 11.3 Å². The van der Waals surface area contributed by atoms with Crippen LogP contribution in [0.5, 0.6) is 0 Å². The van der Waals surface area contributed by atoms with Crippen molar-refractivity contribution in [2.75, 3.05) is 5.73 Å². The van der Waals surface area contributed by atoms with E-state index in [2.05, 4.69) is 9.97 Å². The SMILES string of the molecule is N#Cc1cnc(-c2ccccc2N)[nH]c1=O. The van der Waals surface area contributed by atoms with Crippen LogP contribution in [0.1, 0.15) is 5.56 Å². The highest BCUT2D eigenvalue weighted by Gasteiger charge is 2.06. The number of H-pyrrole nitrogens is 1. The molecule has 2 rings (SSSR count). The van der Waals surface area contributed by atoms with Crippen LogP contribution in [-0.4, -0.2) is 9.97 Å². The summed E-state index contributed by atoms with van der Waals surface area (Å²) < 4.78 is 0. The zero-order valence-corrected chi connectivity index (χ0v) is 8.27. The van der Waals surface area contributed by atoms with Gasteiger partial charge in [0.05, 0.1) is 6.20 Å². The quantitative estimate of drug-likeness (QED) is 0.686. The Morgan fingerprint density at radius 2 is 2.12 bits per heavy atom. The molecule has 0 atom stereocenters. The van der Waals surface area contributed by atoms with Crippen molar-refractivity contribution in [3.05, 3.63) is 46.4 Å². The number of nitrogens with two attached hydrogens (primary N) is 1. The minimum atomic E-state index is -0.462. The minimum absolute atomic E-state index is 0.0155. The molecule has 16 heavy (non-hydrogen) atoms. The van der Waals surface area contributed by atoms with Gasteiger partial charge >= 0.3 is 0 Å². The Labute approximate surface area is 91.2 Å². The number of benzene rings is 1. The van der Waals surface area contributed by atoms with Gasteiger partial charge in [-0.15, -0.1) is 0 Å². The molecule has 0 radical (unpaired) electrons. The number of aromatic amines is 1. The lowest BCUT2D eigenvalue weighted by molar-refractivity contribution is 1.11. The second-order valence-corrected chi connectivity index (χ2v) is 3.17. The number of nitrogen functional groups attached to an aromatic ring is 1. The van der Waals surface area contributed by atoms with Crippen LogP contribution >= 0.6 is 0 Å². The highest BCUT2D eigenvalue weighted by Crippen LogP contribution is 2.20. The van der Waals surface area contributed by atoms with Crippen molar-refractivity contribution in [3.63, 3.8) is 0 Å². The zero-order chi connectivity index (χ0) is 11.5. The maximum Gasteiger partial charge on any atom is 0.269 e. The van der Waals surface area contributed by atoms with E-state index in [1.54, 1.807) is 30.3 Å². The van der Waals surface area contributed by atoms with Crippen molar-refractivity contribution in [1.29, 1.82) is 5.26 Å². The molecule has 5 nitrogen and oxygen atoms in total. The monoisotopic (exact) mass is 212 g/mol. The zero-order valence-electron chi connectivity index (χ0n) is 8.27. The molecule has 0 saturated carbocycles. The Bertz CT molecular complexity index is 624. The Kier molecular flexibility index (Phi) is 2.40. The van der Waals surface area contributed by atoms with Crippen LogP contribution in [0.4, 0.5) is 5.69 Å². The molecule has 0 aliphatic heterocycles. The highest BCUT2D eigenvalue weighted by atomic mass is 16.1. The topological polar surface area (TPSA) is 95.6 Å². The molecule has 0 saturated heterocycles. The highest BCUT2D eigenvalue weighted by molar-refractivity contribution is 5.70.